The van der Waals surface area contributed by atoms with Crippen LogP contribution in [0, 0.1) is 0 Å². The number of benzene rings is 2. The van der Waals surface area contributed by atoms with E-state index in [1.165, 1.54) is 0 Å². The normalized spacial score (nSPS) is 16.9. The predicted octanol–water partition coefficient (Wildman–Crippen LogP) is 3.50. The van der Waals surface area contributed by atoms with E-state index >= 15 is 0 Å². The Kier molecular flexibility index (Phi) is 6.35. The van der Waals surface area contributed by atoms with Crippen LogP contribution >= 0.6 is 0 Å². The number of ether oxygens (including phenoxy) is 2. The van der Waals surface area contributed by atoms with Crippen LogP contribution < -0.4 is 9.47 Å². The van der Waals surface area contributed by atoms with Crippen molar-refractivity contribution in [3.63, 3.8) is 0 Å². The average Bonchev–Trinajstić information content (AvgIpc) is 3.15. The minimum atomic E-state index is 0.137. The molecule has 0 spiro atoms. The smallest absolute Gasteiger partial charge is 0.236 e. The van der Waals surface area contributed by atoms with Gasteiger partial charge in [0.15, 0.2) is 0 Å². The number of carbonyl (C=O) groups is 1. The van der Waals surface area contributed by atoms with Crippen LogP contribution in [0.1, 0.15) is 30.0 Å². The van der Waals surface area contributed by atoms with Crippen LogP contribution in [0.4, 0.5) is 0 Å². The minimum absolute atomic E-state index is 0.137. The van der Waals surface area contributed by atoms with Crippen molar-refractivity contribution in [2.75, 3.05) is 34.4 Å². The van der Waals surface area contributed by atoms with Gasteiger partial charge in [-0.2, -0.15) is 0 Å². The molecule has 27 heavy (non-hydrogen) atoms. The minimum Gasteiger partial charge on any atom is -0.497 e. The van der Waals surface area contributed by atoms with Crippen molar-refractivity contribution in [2.24, 2.45) is 0 Å². The van der Waals surface area contributed by atoms with E-state index in [9.17, 15) is 4.79 Å². The molecule has 1 fully saturated rings. The van der Waals surface area contributed by atoms with Gasteiger partial charge < -0.3 is 14.4 Å². The summed E-state index contributed by atoms with van der Waals surface area (Å²) in [6.07, 6.45) is 2.11. The second-order valence-corrected chi connectivity index (χ2v) is 6.97. The molecule has 1 saturated heterocycles. The van der Waals surface area contributed by atoms with Crippen LogP contribution in [0.15, 0.2) is 48.5 Å². The average molecular weight is 368 g/mol. The molecule has 0 N–H and O–H groups in total. The van der Waals surface area contributed by atoms with Gasteiger partial charge in [-0.15, -0.1) is 0 Å². The predicted molar refractivity (Wildman–Crippen MR) is 106 cm³/mol. The van der Waals surface area contributed by atoms with E-state index < -0.39 is 0 Å². The number of hydrogen-bond acceptors (Lipinski definition) is 4. The molecule has 144 valence electrons. The van der Waals surface area contributed by atoms with E-state index in [0.717, 1.165) is 42.0 Å². The molecule has 1 aliphatic heterocycles. The lowest BCUT2D eigenvalue weighted by atomic mass is 10.0. The molecule has 1 atom stereocenters. The van der Waals surface area contributed by atoms with Crippen LogP contribution in [-0.2, 0) is 11.3 Å². The van der Waals surface area contributed by atoms with Gasteiger partial charge in [-0.25, -0.2) is 0 Å². The fourth-order valence-electron chi connectivity index (χ4n) is 3.70. The molecule has 1 aliphatic rings. The highest BCUT2D eigenvalue weighted by Gasteiger charge is 2.30. The summed E-state index contributed by atoms with van der Waals surface area (Å²) in [6, 6.07) is 16.2. The van der Waals surface area contributed by atoms with E-state index in [2.05, 4.69) is 11.0 Å². The monoisotopic (exact) mass is 368 g/mol. The zero-order valence-corrected chi connectivity index (χ0v) is 16.4. The zero-order chi connectivity index (χ0) is 19.2. The van der Waals surface area contributed by atoms with Gasteiger partial charge in [0.2, 0.25) is 5.91 Å². The van der Waals surface area contributed by atoms with E-state index in [4.69, 9.17) is 9.47 Å². The quantitative estimate of drug-likeness (QED) is 0.750. The Morgan fingerprint density at radius 2 is 1.93 bits per heavy atom. The summed E-state index contributed by atoms with van der Waals surface area (Å²) >= 11 is 0. The number of nitrogens with zero attached hydrogens (tertiary/aromatic N) is 2. The third-order valence-corrected chi connectivity index (χ3v) is 5.19. The number of likely N-dealkylation sites (tertiary alicyclic amines) is 1. The maximum Gasteiger partial charge on any atom is 0.236 e. The maximum atomic E-state index is 12.8. The second-order valence-electron chi connectivity index (χ2n) is 6.97. The van der Waals surface area contributed by atoms with Crippen molar-refractivity contribution in [3.8, 4) is 11.5 Å². The van der Waals surface area contributed by atoms with Crippen molar-refractivity contribution in [3.05, 3.63) is 59.7 Å². The summed E-state index contributed by atoms with van der Waals surface area (Å²) in [6.45, 7) is 1.97. The molecule has 1 heterocycles. The molecular formula is C22H28N2O3. The molecule has 0 radical (unpaired) electrons. The lowest BCUT2D eigenvalue weighted by Gasteiger charge is -2.28. The van der Waals surface area contributed by atoms with E-state index in [1.54, 1.807) is 19.1 Å². The first-order valence-electron chi connectivity index (χ1n) is 9.36. The molecule has 5 heteroatoms. The summed E-state index contributed by atoms with van der Waals surface area (Å²) in [5, 5.41) is 0. The molecule has 0 aliphatic carbocycles. The number of amides is 1. The number of hydrogen-bond donors (Lipinski definition) is 0. The maximum absolute atomic E-state index is 12.8. The fourth-order valence-corrected chi connectivity index (χ4v) is 3.70. The Hall–Kier alpha value is -2.53. The van der Waals surface area contributed by atoms with Gasteiger partial charge in [-0.3, -0.25) is 9.69 Å². The SMILES string of the molecule is COc1ccc([C@H]2CCCN2CC(=O)N(C)Cc2ccccc2)c(OC)c1. The fraction of sp³-hybridized carbons (Fsp3) is 0.409. The van der Waals surface area contributed by atoms with Gasteiger partial charge in [0.05, 0.1) is 20.8 Å². The topological polar surface area (TPSA) is 42.0 Å². The standard InChI is InChI=1S/C22H28N2O3/c1-23(15-17-8-5-4-6-9-17)22(25)16-24-13-7-10-20(24)19-12-11-18(26-2)14-21(19)27-3/h4-6,8-9,11-12,14,20H,7,10,13,15-16H2,1-3H3/t20-/m1/s1. The van der Waals surface area contributed by atoms with Crippen molar-refractivity contribution >= 4 is 5.91 Å². The lowest BCUT2D eigenvalue weighted by Crippen LogP contribution is -2.37. The van der Waals surface area contributed by atoms with Crippen molar-refractivity contribution in [1.82, 2.24) is 9.80 Å². The lowest BCUT2D eigenvalue weighted by molar-refractivity contribution is -0.131. The van der Waals surface area contributed by atoms with E-state index in [-0.39, 0.29) is 11.9 Å². The van der Waals surface area contributed by atoms with Crippen LogP contribution in [0.25, 0.3) is 0 Å². The van der Waals surface area contributed by atoms with Crippen molar-refractivity contribution < 1.29 is 14.3 Å². The van der Waals surface area contributed by atoms with E-state index in [0.29, 0.717) is 13.1 Å². The summed E-state index contributed by atoms with van der Waals surface area (Å²) in [5.41, 5.74) is 2.26. The molecule has 0 saturated carbocycles. The largest absolute Gasteiger partial charge is 0.497 e. The molecule has 0 bridgehead atoms. The molecule has 0 unspecified atom stereocenters. The third kappa shape index (κ3) is 4.61. The number of methoxy groups -OCH3 is 2. The number of carbonyl (C=O) groups excluding carboxylic acids is 1. The van der Waals surface area contributed by atoms with Gasteiger partial charge in [-0.05, 0) is 31.0 Å². The summed E-state index contributed by atoms with van der Waals surface area (Å²) in [7, 11) is 5.20. The van der Waals surface area contributed by atoms with Crippen LogP contribution in [0.5, 0.6) is 11.5 Å². The van der Waals surface area contributed by atoms with Gasteiger partial charge in [-0.1, -0.05) is 36.4 Å². The summed E-state index contributed by atoms with van der Waals surface area (Å²) in [5.74, 6) is 1.73. The van der Waals surface area contributed by atoms with Crippen molar-refractivity contribution in [2.45, 2.75) is 25.4 Å². The molecule has 2 aromatic rings. The van der Waals surface area contributed by atoms with Gasteiger partial charge in [0, 0.05) is 31.3 Å². The van der Waals surface area contributed by atoms with Gasteiger partial charge in [0.1, 0.15) is 11.5 Å². The third-order valence-electron chi connectivity index (χ3n) is 5.19. The molecule has 3 rings (SSSR count). The van der Waals surface area contributed by atoms with Gasteiger partial charge >= 0.3 is 0 Å². The first-order valence-corrected chi connectivity index (χ1v) is 9.36. The Bertz CT molecular complexity index is 763. The first kappa shape index (κ1) is 19.2. The summed E-state index contributed by atoms with van der Waals surface area (Å²) < 4.78 is 10.9. The molecule has 0 aromatic heterocycles. The highest BCUT2D eigenvalue weighted by atomic mass is 16.5. The Balaban J connectivity index is 1.68. The van der Waals surface area contributed by atoms with Crippen LogP contribution in [-0.4, -0.2) is 50.1 Å². The molecule has 1 amide bonds. The molecular weight excluding hydrogens is 340 g/mol. The second kappa shape index (κ2) is 8.91. The highest BCUT2D eigenvalue weighted by Crippen LogP contribution is 2.38. The van der Waals surface area contributed by atoms with Crippen LogP contribution in [0.2, 0.25) is 0 Å². The van der Waals surface area contributed by atoms with Crippen LogP contribution in [0.3, 0.4) is 0 Å². The first-order chi connectivity index (χ1) is 13.1. The molecule has 5 nitrogen and oxygen atoms in total. The Labute approximate surface area is 161 Å². The highest BCUT2D eigenvalue weighted by molar-refractivity contribution is 5.78. The number of rotatable bonds is 7. The zero-order valence-electron chi connectivity index (χ0n) is 16.4. The van der Waals surface area contributed by atoms with Crippen molar-refractivity contribution in [1.29, 1.82) is 0 Å². The Morgan fingerprint density at radius 1 is 1.15 bits per heavy atom. The number of likely N-dealkylation sites (N-methyl/N-ethyl adjacent to an activating group) is 1. The van der Waals surface area contributed by atoms with E-state index in [1.807, 2.05) is 49.5 Å². The Morgan fingerprint density at radius 3 is 2.63 bits per heavy atom. The molecule has 2 aromatic carbocycles. The van der Waals surface area contributed by atoms with Gasteiger partial charge in [0.25, 0.3) is 0 Å². The summed E-state index contributed by atoms with van der Waals surface area (Å²) in [4.78, 5) is 16.8.